The molecule has 0 saturated heterocycles. The smallest absolute Gasteiger partial charge is 0.219 e. The van der Waals surface area contributed by atoms with Gasteiger partial charge in [0.2, 0.25) is 6.33 Å². The molecule has 2 nitrogen and oxygen atoms in total. The number of fused-ring (bicyclic) bond motifs is 1. The van der Waals surface area contributed by atoms with E-state index in [1.807, 2.05) is 0 Å². The molecule has 0 amide bonds. The lowest BCUT2D eigenvalue weighted by Gasteiger charge is -2.05. The van der Waals surface area contributed by atoms with Crippen LogP contribution in [0.1, 0.15) is 63.9 Å². The number of rotatable bonds is 12. The molecule has 0 N–H and O–H groups in total. The van der Waals surface area contributed by atoms with E-state index in [2.05, 4.69) is 64.8 Å². The molecule has 4 heteroatoms. The summed E-state index contributed by atoms with van der Waals surface area (Å²) in [5.74, 6) is 0. The second-order valence-electron chi connectivity index (χ2n) is 7.95. The number of aromatic nitrogens is 2. The lowest BCUT2D eigenvalue weighted by atomic mass is 10.0. The molecule has 3 rings (SSSR count). The summed E-state index contributed by atoms with van der Waals surface area (Å²) in [5.41, 5.74) is 1.35. The molecule has 0 radical (unpaired) electrons. The van der Waals surface area contributed by atoms with Gasteiger partial charge in [0.05, 0.1) is 13.1 Å². The fourth-order valence-corrected chi connectivity index (χ4v) is 4.46. The number of halogens is 2. The van der Waals surface area contributed by atoms with Crippen molar-refractivity contribution >= 4 is 34.0 Å². The van der Waals surface area contributed by atoms with Crippen LogP contribution in [0.25, 0.3) is 10.8 Å². The zero-order valence-corrected chi connectivity index (χ0v) is 19.1. The summed E-state index contributed by atoms with van der Waals surface area (Å²) in [6.45, 7) is 4.03. The maximum atomic E-state index is 6.52. The van der Waals surface area contributed by atoms with Crippen molar-refractivity contribution in [3.63, 3.8) is 0 Å². The summed E-state index contributed by atoms with van der Waals surface area (Å²) in [7, 11) is 0. The lowest BCUT2D eigenvalue weighted by Crippen LogP contribution is -2.32. The average Bonchev–Trinajstić information content (AvgIpc) is 3.02. The van der Waals surface area contributed by atoms with E-state index >= 15 is 0 Å². The van der Waals surface area contributed by atoms with Crippen LogP contribution in [0, 0.1) is 0 Å². The van der Waals surface area contributed by atoms with E-state index in [9.17, 15) is 0 Å². The van der Waals surface area contributed by atoms with E-state index in [0.717, 1.165) is 25.9 Å². The van der Waals surface area contributed by atoms with Crippen molar-refractivity contribution in [2.45, 2.75) is 77.8 Å². The Morgan fingerprint density at radius 2 is 1.52 bits per heavy atom. The first-order chi connectivity index (χ1) is 14.2. The van der Waals surface area contributed by atoms with Gasteiger partial charge in [0.1, 0.15) is 0 Å². The van der Waals surface area contributed by atoms with Gasteiger partial charge < -0.3 is 0 Å². The molecular formula is C25H33Cl2N2+. The fourth-order valence-electron chi connectivity index (χ4n) is 3.99. The molecule has 1 heterocycles. The Morgan fingerprint density at radius 3 is 2.31 bits per heavy atom. The number of nitrogens with zero attached hydrogens (tertiary/aromatic N) is 2. The Labute approximate surface area is 185 Å². The number of benzene rings is 2. The van der Waals surface area contributed by atoms with Crippen LogP contribution < -0.4 is 4.57 Å². The van der Waals surface area contributed by atoms with E-state index in [1.54, 1.807) is 0 Å². The van der Waals surface area contributed by atoms with Crippen LogP contribution in [-0.4, -0.2) is 4.57 Å². The topological polar surface area (TPSA) is 8.81 Å². The molecule has 2 aromatic carbocycles. The van der Waals surface area contributed by atoms with E-state index in [-0.39, 0.29) is 0 Å². The second-order valence-corrected chi connectivity index (χ2v) is 8.66. The predicted molar refractivity (Wildman–Crippen MR) is 125 cm³/mol. The second kappa shape index (κ2) is 11.6. The number of hydrogen-bond donors (Lipinski definition) is 0. The molecule has 0 bridgehead atoms. The Bertz CT molecular complexity index is 896. The molecule has 0 aliphatic rings. The normalized spacial score (nSPS) is 11.4. The summed E-state index contributed by atoms with van der Waals surface area (Å²) in [5, 5.41) is 3.90. The molecule has 0 unspecified atom stereocenters. The number of unbranched alkanes of at least 4 members (excludes halogenated alkanes) is 7. The molecule has 3 aromatic rings. The summed E-state index contributed by atoms with van der Waals surface area (Å²) in [6, 6.07) is 15.0. The Hall–Kier alpha value is -1.51. The molecule has 0 spiro atoms. The highest BCUT2D eigenvalue weighted by Crippen LogP contribution is 2.22. The van der Waals surface area contributed by atoms with Crippen LogP contribution in [0.15, 0.2) is 48.8 Å². The van der Waals surface area contributed by atoms with E-state index in [4.69, 9.17) is 23.2 Å². The van der Waals surface area contributed by atoms with Gasteiger partial charge in [-0.2, -0.15) is 0 Å². The maximum Gasteiger partial charge on any atom is 0.255 e. The van der Waals surface area contributed by atoms with Gasteiger partial charge in [-0.05, 0) is 52.4 Å². The van der Waals surface area contributed by atoms with E-state index < -0.39 is 0 Å². The zero-order chi connectivity index (χ0) is 20.5. The molecule has 29 heavy (non-hydrogen) atoms. The monoisotopic (exact) mass is 431 g/mol. The molecule has 156 valence electrons. The minimum Gasteiger partial charge on any atom is -0.219 e. The van der Waals surface area contributed by atoms with Crippen molar-refractivity contribution in [3.8, 4) is 0 Å². The SMILES string of the molecule is CCCCCCCCCC[n+]1cn(CCc2cccc3ccccc23)c(Cl)c1Cl. The van der Waals surface area contributed by atoms with Crippen LogP contribution in [0.4, 0.5) is 0 Å². The highest BCUT2D eigenvalue weighted by atomic mass is 35.5. The third kappa shape index (κ3) is 6.23. The van der Waals surface area contributed by atoms with Crippen molar-refractivity contribution in [1.29, 1.82) is 0 Å². The van der Waals surface area contributed by atoms with Crippen LogP contribution in [-0.2, 0) is 19.5 Å². The van der Waals surface area contributed by atoms with Crippen LogP contribution in [0.2, 0.25) is 10.3 Å². The van der Waals surface area contributed by atoms with Gasteiger partial charge >= 0.3 is 0 Å². The van der Waals surface area contributed by atoms with Crippen molar-refractivity contribution in [2.75, 3.05) is 0 Å². The summed E-state index contributed by atoms with van der Waals surface area (Å²) >= 11 is 13.0. The Morgan fingerprint density at radius 1 is 0.828 bits per heavy atom. The first-order valence-electron chi connectivity index (χ1n) is 11.1. The van der Waals surface area contributed by atoms with Gasteiger partial charge in [-0.3, -0.25) is 0 Å². The first-order valence-corrected chi connectivity index (χ1v) is 11.9. The van der Waals surface area contributed by atoms with E-state index in [1.165, 1.54) is 61.3 Å². The van der Waals surface area contributed by atoms with Crippen LogP contribution >= 0.6 is 23.2 Å². The van der Waals surface area contributed by atoms with Gasteiger partial charge in [0.25, 0.3) is 10.3 Å². The van der Waals surface area contributed by atoms with Crippen LogP contribution in [0.3, 0.4) is 0 Å². The molecule has 0 fully saturated rings. The molecule has 0 aliphatic heterocycles. The highest BCUT2D eigenvalue weighted by molar-refractivity contribution is 6.39. The molecule has 1 aromatic heterocycles. The summed E-state index contributed by atoms with van der Waals surface area (Å²) in [4.78, 5) is 0. The van der Waals surface area contributed by atoms with Gasteiger partial charge in [-0.25, -0.2) is 9.13 Å². The van der Waals surface area contributed by atoms with Crippen LogP contribution in [0.5, 0.6) is 0 Å². The third-order valence-corrected chi connectivity index (χ3v) is 6.60. The quantitative estimate of drug-likeness (QED) is 0.206. The number of imidazole rings is 1. The minimum atomic E-state index is 0.645. The maximum absolute atomic E-state index is 6.52. The summed E-state index contributed by atoms with van der Waals surface area (Å²) in [6.07, 6.45) is 13.5. The highest BCUT2D eigenvalue weighted by Gasteiger charge is 2.19. The molecular weight excluding hydrogens is 399 g/mol. The van der Waals surface area contributed by atoms with Crippen molar-refractivity contribution in [3.05, 3.63) is 64.7 Å². The molecule has 0 atom stereocenters. The van der Waals surface area contributed by atoms with Crippen molar-refractivity contribution in [1.82, 2.24) is 4.57 Å². The van der Waals surface area contributed by atoms with Gasteiger partial charge in [0.15, 0.2) is 0 Å². The number of hydrogen-bond acceptors (Lipinski definition) is 0. The summed E-state index contributed by atoms with van der Waals surface area (Å²) < 4.78 is 4.18. The van der Waals surface area contributed by atoms with Crippen molar-refractivity contribution in [2.24, 2.45) is 0 Å². The Balaban J connectivity index is 1.51. The van der Waals surface area contributed by atoms with Gasteiger partial charge in [-0.1, -0.05) is 87.9 Å². The fraction of sp³-hybridized carbons (Fsp3) is 0.480. The lowest BCUT2D eigenvalue weighted by molar-refractivity contribution is -0.694. The minimum absolute atomic E-state index is 0.645. The van der Waals surface area contributed by atoms with Gasteiger partial charge in [0, 0.05) is 6.42 Å². The van der Waals surface area contributed by atoms with Gasteiger partial charge in [-0.15, -0.1) is 0 Å². The van der Waals surface area contributed by atoms with Crippen molar-refractivity contribution < 1.29 is 4.57 Å². The first kappa shape index (κ1) is 22.2. The average molecular weight is 432 g/mol. The Kier molecular flexibility index (Phi) is 8.89. The predicted octanol–water partition coefficient (Wildman–Crippen LogP) is 7.62. The largest absolute Gasteiger partial charge is 0.255 e. The third-order valence-electron chi connectivity index (χ3n) is 5.71. The molecule has 0 aliphatic carbocycles. The zero-order valence-electron chi connectivity index (χ0n) is 17.5. The van der Waals surface area contributed by atoms with E-state index in [0.29, 0.717) is 10.3 Å². The molecule has 0 saturated carbocycles. The standard InChI is InChI=1S/C25H33Cl2N2/c1-2-3-4-5-6-7-8-11-18-28-20-29(25(27)24(28)26)19-17-22-15-12-14-21-13-9-10-16-23(21)22/h9-10,12-16,20H,2-8,11,17-19H2,1H3/q+1. The number of aryl methyl sites for hydroxylation is 3.